The highest BCUT2D eigenvalue weighted by atomic mass is 16.4. The fraction of sp³-hybridized carbons (Fsp3) is 0.455. The van der Waals surface area contributed by atoms with E-state index in [1.165, 1.54) is 17.0 Å². The van der Waals surface area contributed by atoms with Gasteiger partial charge in [0.1, 0.15) is 6.04 Å². The fourth-order valence-corrected chi connectivity index (χ4v) is 1.50. The van der Waals surface area contributed by atoms with Gasteiger partial charge in [-0.1, -0.05) is 6.92 Å². The number of nitrogens with one attached hydrogen (secondary N) is 1. The highest BCUT2D eigenvalue weighted by molar-refractivity contribution is 5.83. The van der Waals surface area contributed by atoms with Crippen LogP contribution in [0.25, 0.3) is 0 Å². The molecule has 0 aliphatic rings. The zero-order chi connectivity index (χ0) is 14.4. The lowest BCUT2D eigenvalue weighted by Crippen LogP contribution is -2.35. The lowest BCUT2D eigenvalue weighted by molar-refractivity contribution is -0.144. The van der Waals surface area contributed by atoms with Crippen molar-refractivity contribution in [2.24, 2.45) is 0 Å². The smallest absolute Gasteiger partial charge is 0.326 e. The Bertz CT molecular complexity index is 525. The summed E-state index contributed by atoms with van der Waals surface area (Å²) in [6.07, 6.45) is 2.95. The monoisotopic (exact) mass is 269 g/mol. The molecule has 1 atom stereocenters. The maximum atomic E-state index is 11.9. The highest BCUT2D eigenvalue weighted by Crippen LogP contribution is 2.02. The van der Waals surface area contributed by atoms with Crippen molar-refractivity contribution >= 4 is 17.8 Å². The van der Waals surface area contributed by atoms with Gasteiger partial charge in [0.25, 0.3) is 5.56 Å². The molecule has 1 rings (SSSR count). The van der Waals surface area contributed by atoms with Crippen LogP contribution in [0.5, 0.6) is 0 Å². The molecule has 0 saturated carbocycles. The van der Waals surface area contributed by atoms with E-state index in [0.29, 0.717) is 6.54 Å². The van der Waals surface area contributed by atoms with E-state index in [-0.39, 0.29) is 5.82 Å². The van der Waals surface area contributed by atoms with Gasteiger partial charge in [-0.05, 0) is 6.42 Å². The number of carboxylic acid groups (broad SMARTS) is 2. The predicted octanol–water partition coefficient (Wildman–Crippen LogP) is -0.00690. The second-order valence-electron chi connectivity index (χ2n) is 3.91. The first-order chi connectivity index (χ1) is 8.95. The van der Waals surface area contributed by atoms with E-state index in [9.17, 15) is 14.4 Å². The molecular formula is C11H15N3O5. The Kier molecular flexibility index (Phi) is 5.04. The summed E-state index contributed by atoms with van der Waals surface area (Å²) in [4.78, 5) is 37.1. The molecule has 0 saturated heterocycles. The van der Waals surface area contributed by atoms with Crippen molar-refractivity contribution in [1.29, 1.82) is 0 Å². The van der Waals surface area contributed by atoms with Crippen LogP contribution in [0.1, 0.15) is 19.8 Å². The zero-order valence-corrected chi connectivity index (χ0v) is 10.4. The van der Waals surface area contributed by atoms with E-state index in [1.807, 2.05) is 6.92 Å². The lowest BCUT2D eigenvalue weighted by atomic mass is 10.2. The van der Waals surface area contributed by atoms with Crippen molar-refractivity contribution in [2.45, 2.75) is 32.4 Å². The number of rotatable bonds is 7. The topological polar surface area (TPSA) is 122 Å². The molecule has 0 amide bonds. The van der Waals surface area contributed by atoms with Crippen molar-refractivity contribution in [2.75, 3.05) is 5.32 Å². The molecule has 104 valence electrons. The maximum Gasteiger partial charge on any atom is 0.326 e. The molecule has 1 aromatic rings. The Morgan fingerprint density at radius 3 is 2.68 bits per heavy atom. The van der Waals surface area contributed by atoms with Crippen LogP contribution in [-0.2, 0) is 16.1 Å². The molecule has 3 N–H and O–H groups in total. The first kappa shape index (κ1) is 14.7. The minimum atomic E-state index is -1.39. The molecule has 1 unspecified atom stereocenters. The molecule has 8 heteroatoms. The van der Waals surface area contributed by atoms with Crippen molar-refractivity contribution in [3.05, 3.63) is 22.7 Å². The van der Waals surface area contributed by atoms with E-state index in [1.54, 1.807) is 0 Å². The number of aliphatic carboxylic acids is 2. The maximum absolute atomic E-state index is 11.9. The number of anilines is 1. The van der Waals surface area contributed by atoms with Gasteiger partial charge in [-0.2, -0.15) is 0 Å². The van der Waals surface area contributed by atoms with Crippen LogP contribution < -0.4 is 10.9 Å². The number of carbonyl (C=O) groups is 2. The van der Waals surface area contributed by atoms with Crippen molar-refractivity contribution in [3.63, 3.8) is 0 Å². The highest BCUT2D eigenvalue weighted by Gasteiger charge is 2.22. The molecule has 0 fully saturated rings. The summed E-state index contributed by atoms with van der Waals surface area (Å²) in [7, 11) is 0. The third-order valence-electron chi connectivity index (χ3n) is 2.37. The van der Waals surface area contributed by atoms with E-state index in [2.05, 4.69) is 10.3 Å². The van der Waals surface area contributed by atoms with Crippen LogP contribution in [0.15, 0.2) is 17.2 Å². The number of aryl methyl sites for hydroxylation is 1. The normalized spacial score (nSPS) is 11.8. The van der Waals surface area contributed by atoms with Crippen LogP contribution in [0.2, 0.25) is 0 Å². The van der Waals surface area contributed by atoms with Gasteiger partial charge in [-0.25, -0.2) is 9.78 Å². The van der Waals surface area contributed by atoms with Gasteiger partial charge in [0.2, 0.25) is 0 Å². The van der Waals surface area contributed by atoms with E-state index >= 15 is 0 Å². The SMILES string of the molecule is CCCn1ccnc(NC(CC(=O)O)C(=O)O)c1=O. The Balaban J connectivity index is 2.96. The molecule has 1 aromatic heterocycles. The first-order valence-electron chi connectivity index (χ1n) is 5.72. The first-order valence-corrected chi connectivity index (χ1v) is 5.72. The Morgan fingerprint density at radius 1 is 1.47 bits per heavy atom. The second kappa shape index (κ2) is 6.53. The van der Waals surface area contributed by atoms with Gasteiger partial charge in [-0.15, -0.1) is 0 Å². The third kappa shape index (κ3) is 4.09. The minimum absolute atomic E-state index is 0.162. The van der Waals surface area contributed by atoms with Crippen LogP contribution >= 0.6 is 0 Å². The zero-order valence-electron chi connectivity index (χ0n) is 10.4. The summed E-state index contributed by atoms with van der Waals surface area (Å²) in [6, 6.07) is -1.39. The molecule has 0 aliphatic heterocycles. The standard InChI is InChI=1S/C11H15N3O5/c1-2-4-14-5-3-12-9(10(14)17)13-7(11(18)19)6-8(15)16/h3,5,7H,2,4,6H2,1H3,(H,12,13)(H,15,16)(H,18,19). The molecule has 8 nitrogen and oxygen atoms in total. The Labute approximate surface area is 108 Å². The summed E-state index contributed by atoms with van der Waals surface area (Å²) in [6.45, 7) is 2.37. The minimum Gasteiger partial charge on any atom is -0.481 e. The molecule has 19 heavy (non-hydrogen) atoms. The van der Waals surface area contributed by atoms with Gasteiger partial charge < -0.3 is 20.1 Å². The third-order valence-corrected chi connectivity index (χ3v) is 2.37. The van der Waals surface area contributed by atoms with Crippen molar-refractivity contribution in [3.8, 4) is 0 Å². The van der Waals surface area contributed by atoms with Crippen LogP contribution in [-0.4, -0.2) is 37.7 Å². The Hall–Kier alpha value is -2.38. The van der Waals surface area contributed by atoms with Gasteiger partial charge in [-0.3, -0.25) is 9.59 Å². The van der Waals surface area contributed by atoms with Gasteiger partial charge >= 0.3 is 11.9 Å². The van der Waals surface area contributed by atoms with Gasteiger partial charge in [0, 0.05) is 18.9 Å². The summed E-state index contributed by atoms with van der Waals surface area (Å²) in [5.41, 5.74) is -0.471. The van der Waals surface area contributed by atoms with Crippen molar-refractivity contribution < 1.29 is 19.8 Å². The van der Waals surface area contributed by atoms with Crippen LogP contribution in [0.3, 0.4) is 0 Å². The number of aromatic nitrogens is 2. The average Bonchev–Trinajstić information content (AvgIpc) is 2.32. The predicted molar refractivity (Wildman–Crippen MR) is 66.1 cm³/mol. The van der Waals surface area contributed by atoms with Crippen LogP contribution in [0.4, 0.5) is 5.82 Å². The molecule has 0 aromatic carbocycles. The number of nitrogens with zero attached hydrogens (tertiary/aromatic N) is 2. The van der Waals surface area contributed by atoms with E-state index < -0.39 is 30.0 Å². The van der Waals surface area contributed by atoms with Crippen LogP contribution in [0, 0.1) is 0 Å². The summed E-state index contributed by atoms with van der Waals surface area (Å²) in [5, 5.41) is 19.8. The van der Waals surface area contributed by atoms with E-state index in [4.69, 9.17) is 10.2 Å². The second-order valence-corrected chi connectivity index (χ2v) is 3.91. The molecular weight excluding hydrogens is 254 g/mol. The van der Waals surface area contributed by atoms with Crippen molar-refractivity contribution in [1.82, 2.24) is 9.55 Å². The fourth-order valence-electron chi connectivity index (χ4n) is 1.50. The average molecular weight is 269 g/mol. The summed E-state index contributed by atoms with van der Waals surface area (Å²) < 4.78 is 1.38. The molecule has 0 aliphatic carbocycles. The molecule has 1 heterocycles. The number of carboxylic acids is 2. The summed E-state index contributed by atoms with van der Waals surface area (Å²) in [5.74, 6) is -2.79. The molecule has 0 spiro atoms. The van der Waals surface area contributed by atoms with Gasteiger partial charge in [0.05, 0.1) is 6.42 Å². The Morgan fingerprint density at radius 2 is 2.16 bits per heavy atom. The quantitative estimate of drug-likeness (QED) is 0.636. The molecule has 0 radical (unpaired) electrons. The largest absolute Gasteiger partial charge is 0.481 e. The number of hydrogen-bond acceptors (Lipinski definition) is 5. The molecule has 0 bridgehead atoms. The van der Waals surface area contributed by atoms with E-state index in [0.717, 1.165) is 6.42 Å². The number of hydrogen-bond donors (Lipinski definition) is 3. The van der Waals surface area contributed by atoms with Gasteiger partial charge in [0.15, 0.2) is 5.82 Å². The summed E-state index contributed by atoms with van der Waals surface area (Å²) >= 11 is 0. The lowest BCUT2D eigenvalue weighted by Gasteiger charge is -2.13.